The SMILES string of the molecule is CCc1ccc(CN(C)C(=O)C2CCN(C(=O)C(C)C)CC2)cc1. The van der Waals surface area contributed by atoms with Crippen molar-refractivity contribution < 1.29 is 9.59 Å². The van der Waals surface area contributed by atoms with Gasteiger partial charge in [-0.25, -0.2) is 0 Å². The van der Waals surface area contributed by atoms with Gasteiger partial charge in [0.2, 0.25) is 11.8 Å². The van der Waals surface area contributed by atoms with Gasteiger partial charge < -0.3 is 9.80 Å². The Kier molecular flexibility index (Phi) is 6.41. The lowest BCUT2D eigenvalue weighted by Crippen LogP contribution is -2.44. The van der Waals surface area contributed by atoms with Crippen LogP contribution in [0.2, 0.25) is 0 Å². The summed E-state index contributed by atoms with van der Waals surface area (Å²) >= 11 is 0. The van der Waals surface area contributed by atoms with Gasteiger partial charge in [0.1, 0.15) is 0 Å². The lowest BCUT2D eigenvalue weighted by molar-refractivity contribution is -0.141. The van der Waals surface area contributed by atoms with Crippen LogP contribution in [0.4, 0.5) is 0 Å². The summed E-state index contributed by atoms with van der Waals surface area (Å²) in [5, 5.41) is 0. The highest BCUT2D eigenvalue weighted by atomic mass is 16.2. The molecular formula is C20H30N2O2. The van der Waals surface area contributed by atoms with Crippen LogP contribution in [-0.2, 0) is 22.6 Å². The predicted octanol–water partition coefficient (Wildman–Crippen LogP) is 3.10. The summed E-state index contributed by atoms with van der Waals surface area (Å²) in [4.78, 5) is 28.4. The molecule has 1 aliphatic heterocycles. The number of benzene rings is 1. The number of aryl methyl sites for hydroxylation is 1. The highest BCUT2D eigenvalue weighted by molar-refractivity contribution is 5.80. The molecule has 0 bridgehead atoms. The molecule has 2 rings (SSSR count). The van der Waals surface area contributed by atoms with Crippen molar-refractivity contribution in [2.75, 3.05) is 20.1 Å². The Balaban J connectivity index is 1.86. The minimum Gasteiger partial charge on any atom is -0.342 e. The number of likely N-dealkylation sites (tertiary alicyclic amines) is 1. The first-order chi connectivity index (χ1) is 11.4. The first kappa shape index (κ1) is 18.5. The second kappa shape index (κ2) is 8.32. The minimum absolute atomic E-state index is 0.0333. The molecule has 0 aliphatic carbocycles. The molecule has 1 fully saturated rings. The standard InChI is InChI=1S/C20H30N2O2/c1-5-16-6-8-17(9-7-16)14-21(4)20(24)18-10-12-22(13-11-18)19(23)15(2)3/h6-9,15,18H,5,10-14H2,1-4H3. The van der Waals surface area contributed by atoms with E-state index >= 15 is 0 Å². The number of hydrogen-bond acceptors (Lipinski definition) is 2. The Bertz CT molecular complexity index is 558. The summed E-state index contributed by atoms with van der Waals surface area (Å²) in [6, 6.07) is 8.46. The van der Waals surface area contributed by atoms with Crippen LogP contribution in [0.3, 0.4) is 0 Å². The average Bonchev–Trinajstić information content (AvgIpc) is 2.61. The first-order valence-corrected chi connectivity index (χ1v) is 9.04. The van der Waals surface area contributed by atoms with E-state index in [0.29, 0.717) is 19.6 Å². The zero-order chi connectivity index (χ0) is 17.7. The highest BCUT2D eigenvalue weighted by Gasteiger charge is 2.29. The number of rotatable bonds is 5. The smallest absolute Gasteiger partial charge is 0.225 e. The Hall–Kier alpha value is -1.84. The summed E-state index contributed by atoms with van der Waals surface area (Å²) in [6.45, 7) is 8.04. The van der Waals surface area contributed by atoms with Crippen molar-refractivity contribution in [1.29, 1.82) is 0 Å². The number of piperidine rings is 1. The molecule has 0 N–H and O–H groups in total. The Morgan fingerprint density at radius 2 is 1.67 bits per heavy atom. The van der Waals surface area contributed by atoms with Gasteiger partial charge in [0.15, 0.2) is 0 Å². The summed E-state index contributed by atoms with van der Waals surface area (Å²) in [5.41, 5.74) is 2.48. The van der Waals surface area contributed by atoms with Crippen LogP contribution in [0.25, 0.3) is 0 Å². The molecule has 132 valence electrons. The monoisotopic (exact) mass is 330 g/mol. The molecule has 0 atom stereocenters. The van der Waals surface area contributed by atoms with E-state index in [0.717, 1.165) is 24.8 Å². The molecule has 1 saturated heterocycles. The van der Waals surface area contributed by atoms with Gasteiger partial charge in [0.25, 0.3) is 0 Å². The Morgan fingerprint density at radius 1 is 1.12 bits per heavy atom. The van der Waals surface area contributed by atoms with E-state index < -0.39 is 0 Å². The minimum atomic E-state index is 0.0333. The second-order valence-corrected chi connectivity index (χ2v) is 7.12. The normalized spacial score (nSPS) is 15.6. The third kappa shape index (κ3) is 4.59. The summed E-state index contributed by atoms with van der Waals surface area (Å²) in [6.07, 6.45) is 2.58. The number of hydrogen-bond donors (Lipinski definition) is 0. The lowest BCUT2D eigenvalue weighted by Gasteiger charge is -2.34. The maximum Gasteiger partial charge on any atom is 0.225 e. The van der Waals surface area contributed by atoms with E-state index in [1.807, 2.05) is 30.7 Å². The Morgan fingerprint density at radius 3 is 2.17 bits per heavy atom. The van der Waals surface area contributed by atoms with Crippen LogP contribution in [-0.4, -0.2) is 41.8 Å². The van der Waals surface area contributed by atoms with Crippen molar-refractivity contribution in [3.05, 3.63) is 35.4 Å². The lowest BCUT2D eigenvalue weighted by atomic mass is 9.94. The Labute approximate surface area is 145 Å². The van der Waals surface area contributed by atoms with Gasteiger partial charge in [-0.05, 0) is 30.4 Å². The van der Waals surface area contributed by atoms with Gasteiger partial charge in [0, 0.05) is 38.5 Å². The van der Waals surface area contributed by atoms with E-state index in [-0.39, 0.29) is 23.7 Å². The van der Waals surface area contributed by atoms with Crippen LogP contribution < -0.4 is 0 Å². The summed E-state index contributed by atoms with van der Waals surface area (Å²) < 4.78 is 0. The number of carbonyl (C=O) groups is 2. The van der Waals surface area contributed by atoms with Crippen molar-refractivity contribution in [2.24, 2.45) is 11.8 Å². The molecular weight excluding hydrogens is 300 g/mol. The van der Waals surface area contributed by atoms with Crippen LogP contribution >= 0.6 is 0 Å². The van der Waals surface area contributed by atoms with E-state index in [2.05, 4.69) is 31.2 Å². The van der Waals surface area contributed by atoms with E-state index in [4.69, 9.17) is 0 Å². The third-order valence-corrected chi connectivity index (χ3v) is 4.88. The fraction of sp³-hybridized carbons (Fsp3) is 0.600. The zero-order valence-electron chi connectivity index (χ0n) is 15.4. The maximum absolute atomic E-state index is 12.7. The number of carbonyl (C=O) groups excluding carboxylic acids is 2. The van der Waals surface area contributed by atoms with Crippen molar-refractivity contribution in [3.8, 4) is 0 Å². The van der Waals surface area contributed by atoms with E-state index in [1.165, 1.54) is 5.56 Å². The van der Waals surface area contributed by atoms with Crippen LogP contribution in [0.1, 0.15) is 44.7 Å². The van der Waals surface area contributed by atoms with Gasteiger partial charge in [0.05, 0.1) is 0 Å². The van der Waals surface area contributed by atoms with Crippen molar-refractivity contribution in [3.63, 3.8) is 0 Å². The molecule has 4 heteroatoms. The maximum atomic E-state index is 12.7. The third-order valence-electron chi connectivity index (χ3n) is 4.88. The highest BCUT2D eigenvalue weighted by Crippen LogP contribution is 2.21. The molecule has 0 unspecified atom stereocenters. The van der Waals surface area contributed by atoms with E-state index in [9.17, 15) is 9.59 Å². The molecule has 0 spiro atoms. The van der Waals surface area contributed by atoms with Crippen molar-refractivity contribution in [1.82, 2.24) is 9.80 Å². The van der Waals surface area contributed by atoms with Gasteiger partial charge in [-0.3, -0.25) is 9.59 Å². The topological polar surface area (TPSA) is 40.6 Å². The van der Waals surface area contributed by atoms with Gasteiger partial charge in [-0.1, -0.05) is 45.0 Å². The van der Waals surface area contributed by atoms with Crippen LogP contribution in [0, 0.1) is 11.8 Å². The number of amides is 2. The first-order valence-electron chi connectivity index (χ1n) is 9.04. The quantitative estimate of drug-likeness (QED) is 0.832. The number of nitrogens with zero attached hydrogens (tertiary/aromatic N) is 2. The average molecular weight is 330 g/mol. The van der Waals surface area contributed by atoms with Gasteiger partial charge >= 0.3 is 0 Å². The molecule has 1 aromatic rings. The van der Waals surface area contributed by atoms with Gasteiger partial charge in [-0.15, -0.1) is 0 Å². The molecule has 1 aliphatic rings. The second-order valence-electron chi connectivity index (χ2n) is 7.12. The molecule has 2 amide bonds. The molecule has 0 radical (unpaired) electrons. The van der Waals surface area contributed by atoms with Crippen molar-refractivity contribution >= 4 is 11.8 Å². The molecule has 0 saturated carbocycles. The largest absolute Gasteiger partial charge is 0.342 e. The summed E-state index contributed by atoms with van der Waals surface area (Å²) in [5.74, 6) is 0.476. The zero-order valence-corrected chi connectivity index (χ0v) is 15.4. The van der Waals surface area contributed by atoms with Gasteiger partial charge in [-0.2, -0.15) is 0 Å². The molecule has 1 heterocycles. The van der Waals surface area contributed by atoms with Crippen LogP contribution in [0.15, 0.2) is 24.3 Å². The molecule has 24 heavy (non-hydrogen) atoms. The molecule has 0 aromatic heterocycles. The van der Waals surface area contributed by atoms with Crippen LogP contribution in [0.5, 0.6) is 0 Å². The molecule has 4 nitrogen and oxygen atoms in total. The fourth-order valence-electron chi connectivity index (χ4n) is 3.26. The fourth-order valence-corrected chi connectivity index (χ4v) is 3.26. The predicted molar refractivity (Wildman–Crippen MR) is 96.4 cm³/mol. The summed E-state index contributed by atoms with van der Waals surface area (Å²) in [7, 11) is 1.88. The van der Waals surface area contributed by atoms with E-state index in [1.54, 1.807) is 0 Å². The van der Waals surface area contributed by atoms with Crippen molar-refractivity contribution in [2.45, 2.75) is 46.6 Å². The molecule has 1 aromatic carbocycles.